The number of benzene rings is 6. The summed E-state index contributed by atoms with van der Waals surface area (Å²) in [5, 5.41) is 13.2. The molecule has 4 heteroatoms. The van der Waals surface area contributed by atoms with E-state index in [9.17, 15) is 5.11 Å². The van der Waals surface area contributed by atoms with Crippen molar-refractivity contribution < 1.29 is 9.84 Å². The lowest BCUT2D eigenvalue weighted by molar-refractivity contribution is 0.226. The Morgan fingerprint density at radius 3 is 1.94 bits per heavy atom. The third-order valence-electron chi connectivity index (χ3n) is 10.6. The standard InChI is InChI=1S/C47H42N2O2/c1-3-5-18-32(4-2)31-51-44-30-42(48-46(49-44)38-26-15-17-28-43(38)50)39-29-41-45(36-24-13-12-23-35(36)39)37-25-14-16-27-40(37)47(41,33-19-8-6-9-20-33)34-21-10-7-11-22-34/h6-17,19-30,32,50H,3-5,18,31H2,1-2H3. The van der Waals surface area contributed by atoms with Crippen LogP contribution in [0.2, 0.25) is 0 Å². The first-order valence-electron chi connectivity index (χ1n) is 18.2. The average Bonchev–Trinajstić information content (AvgIpc) is 3.49. The van der Waals surface area contributed by atoms with E-state index in [0.29, 0.717) is 29.8 Å². The molecule has 0 saturated heterocycles. The second-order valence-corrected chi connectivity index (χ2v) is 13.6. The lowest BCUT2D eigenvalue weighted by Crippen LogP contribution is -2.28. The van der Waals surface area contributed by atoms with Gasteiger partial charge >= 0.3 is 0 Å². The van der Waals surface area contributed by atoms with Crippen molar-refractivity contribution in [3.05, 3.63) is 168 Å². The van der Waals surface area contributed by atoms with Crippen LogP contribution in [-0.4, -0.2) is 21.7 Å². The number of rotatable bonds is 11. The summed E-state index contributed by atoms with van der Waals surface area (Å²) in [6, 6.07) is 50.9. The number of ether oxygens (including phenoxy) is 1. The SMILES string of the molecule is CCCCC(CC)COc1cc(-c2cc3c(c4ccccc24)-c2ccccc2C3(c2ccccc2)c2ccccc2)nc(-c2ccccc2O)n1. The summed E-state index contributed by atoms with van der Waals surface area (Å²) in [7, 11) is 0. The van der Waals surface area contributed by atoms with Gasteiger partial charge in [-0.3, -0.25) is 0 Å². The number of phenols is 1. The second kappa shape index (κ2) is 13.9. The van der Waals surface area contributed by atoms with Gasteiger partial charge in [-0.1, -0.05) is 154 Å². The van der Waals surface area contributed by atoms with Crippen molar-refractivity contribution in [1.82, 2.24) is 9.97 Å². The molecule has 1 N–H and O–H groups in total. The molecule has 0 radical (unpaired) electrons. The Bertz CT molecular complexity index is 2280. The van der Waals surface area contributed by atoms with Gasteiger partial charge in [-0.2, -0.15) is 4.98 Å². The smallest absolute Gasteiger partial charge is 0.217 e. The summed E-state index contributed by atoms with van der Waals surface area (Å²) in [4.78, 5) is 10.1. The molecule has 1 heterocycles. The zero-order valence-electron chi connectivity index (χ0n) is 29.2. The third-order valence-corrected chi connectivity index (χ3v) is 10.6. The summed E-state index contributed by atoms with van der Waals surface area (Å²) in [5.41, 5.74) is 9.14. The van der Waals surface area contributed by atoms with E-state index in [4.69, 9.17) is 14.7 Å². The Morgan fingerprint density at radius 2 is 1.25 bits per heavy atom. The molecule has 1 aromatic heterocycles. The van der Waals surface area contributed by atoms with Gasteiger partial charge in [-0.25, -0.2) is 4.98 Å². The van der Waals surface area contributed by atoms with Crippen LogP contribution in [0.5, 0.6) is 11.6 Å². The van der Waals surface area contributed by atoms with E-state index in [2.05, 4.69) is 129 Å². The van der Waals surface area contributed by atoms with Crippen LogP contribution in [0.15, 0.2) is 146 Å². The maximum atomic E-state index is 11.0. The zero-order chi connectivity index (χ0) is 34.8. The molecule has 1 aliphatic rings. The molecule has 0 spiro atoms. The molecule has 0 aliphatic heterocycles. The topological polar surface area (TPSA) is 55.2 Å². The molecule has 7 aromatic rings. The predicted octanol–water partition coefficient (Wildman–Crippen LogP) is 11.6. The van der Waals surface area contributed by atoms with E-state index in [1.807, 2.05) is 24.3 Å². The van der Waals surface area contributed by atoms with Crippen LogP contribution in [-0.2, 0) is 5.41 Å². The van der Waals surface area contributed by atoms with Crippen molar-refractivity contribution in [2.45, 2.75) is 44.9 Å². The van der Waals surface area contributed by atoms with Crippen molar-refractivity contribution in [3.63, 3.8) is 0 Å². The number of aromatic nitrogens is 2. The van der Waals surface area contributed by atoms with Gasteiger partial charge in [-0.15, -0.1) is 0 Å². The lowest BCUT2D eigenvalue weighted by Gasteiger charge is -2.34. The highest BCUT2D eigenvalue weighted by atomic mass is 16.5. The highest BCUT2D eigenvalue weighted by Gasteiger charge is 2.47. The molecule has 51 heavy (non-hydrogen) atoms. The van der Waals surface area contributed by atoms with Crippen molar-refractivity contribution in [2.24, 2.45) is 5.92 Å². The highest BCUT2D eigenvalue weighted by molar-refractivity contribution is 6.09. The van der Waals surface area contributed by atoms with Gasteiger partial charge in [-0.05, 0) is 74.7 Å². The number of phenolic OH excluding ortho intramolecular Hbond substituents is 1. The Balaban J connectivity index is 1.41. The van der Waals surface area contributed by atoms with Gasteiger partial charge in [0.1, 0.15) is 5.75 Å². The van der Waals surface area contributed by atoms with Crippen LogP contribution in [0.1, 0.15) is 61.8 Å². The predicted molar refractivity (Wildman–Crippen MR) is 208 cm³/mol. The molecule has 1 aliphatic carbocycles. The van der Waals surface area contributed by atoms with Gasteiger partial charge in [0, 0.05) is 11.6 Å². The first kappa shape index (κ1) is 32.5. The van der Waals surface area contributed by atoms with E-state index in [-0.39, 0.29) is 5.75 Å². The molecule has 6 aromatic carbocycles. The second-order valence-electron chi connectivity index (χ2n) is 13.6. The molecule has 1 unspecified atom stereocenters. The molecule has 8 rings (SSSR count). The third kappa shape index (κ3) is 5.65. The lowest BCUT2D eigenvalue weighted by atomic mass is 9.67. The maximum Gasteiger partial charge on any atom is 0.217 e. The highest BCUT2D eigenvalue weighted by Crippen LogP contribution is 2.58. The van der Waals surface area contributed by atoms with Crippen LogP contribution >= 0.6 is 0 Å². The first-order valence-corrected chi connectivity index (χ1v) is 18.2. The molecule has 0 bridgehead atoms. The molecule has 4 nitrogen and oxygen atoms in total. The van der Waals surface area contributed by atoms with Gasteiger partial charge in [0.15, 0.2) is 5.82 Å². The molecule has 0 saturated carbocycles. The number of fused-ring (bicyclic) bond motifs is 5. The summed E-state index contributed by atoms with van der Waals surface area (Å²) < 4.78 is 6.52. The molecule has 0 fully saturated rings. The number of unbranched alkanes of at least 4 members (excludes halogenated alkanes) is 1. The summed E-state index contributed by atoms with van der Waals surface area (Å²) >= 11 is 0. The van der Waals surface area contributed by atoms with Crippen molar-refractivity contribution >= 4 is 10.8 Å². The average molecular weight is 667 g/mol. The van der Waals surface area contributed by atoms with Gasteiger partial charge < -0.3 is 9.84 Å². The minimum Gasteiger partial charge on any atom is -0.507 e. The van der Waals surface area contributed by atoms with E-state index in [0.717, 1.165) is 35.9 Å². The Morgan fingerprint density at radius 1 is 0.627 bits per heavy atom. The molecular weight excluding hydrogens is 625 g/mol. The number of nitrogens with zero attached hydrogens (tertiary/aromatic N) is 2. The summed E-state index contributed by atoms with van der Waals surface area (Å²) in [6.45, 7) is 5.04. The Hall–Kier alpha value is -5.74. The number of hydrogen-bond donors (Lipinski definition) is 1. The van der Waals surface area contributed by atoms with Crippen LogP contribution in [0.4, 0.5) is 0 Å². The van der Waals surface area contributed by atoms with E-state index >= 15 is 0 Å². The molecule has 1 atom stereocenters. The maximum absolute atomic E-state index is 11.0. The van der Waals surface area contributed by atoms with Crippen molar-refractivity contribution in [3.8, 4) is 45.4 Å². The van der Waals surface area contributed by atoms with Crippen LogP contribution in [0.25, 0.3) is 44.5 Å². The first-order chi connectivity index (χ1) is 25.1. The number of aromatic hydroxyl groups is 1. The fourth-order valence-corrected chi connectivity index (χ4v) is 8.03. The van der Waals surface area contributed by atoms with Crippen LogP contribution in [0, 0.1) is 5.92 Å². The van der Waals surface area contributed by atoms with E-state index in [1.165, 1.54) is 45.2 Å². The summed E-state index contributed by atoms with van der Waals surface area (Å²) in [5.74, 6) is 1.52. The largest absolute Gasteiger partial charge is 0.507 e. The normalized spacial score (nSPS) is 13.5. The summed E-state index contributed by atoms with van der Waals surface area (Å²) in [6.07, 6.45) is 4.50. The van der Waals surface area contributed by atoms with E-state index in [1.54, 1.807) is 6.07 Å². The number of hydrogen-bond acceptors (Lipinski definition) is 4. The van der Waals surface area contributed by atoms with Gasteiger partial charge in [0.2, 0.25) is 5.88 Å². The Labute approximate surface area is 300 Å². The zero-order valence-corrected chi connectivity index (χ0v) is 29.2. The van der Waals surface area contributed by atoms with Crippen LogP contribution in [0.3, 0.4) is 0 Å². The fraction of sp³-hybridized carbons (Fsp3) is 0.191. The molecular formula is C47H42N2O2. The number of para-hydroxylation sites is 1. The van der Waals surface area contributed by atoms with Crippen molar-refractivity contribution in [2.75, 3.05) is 6.61 Å². The molecule has 252 valence electrons. The Kier molecular flexibility index (Phi) is 8.83. The fourth-order valence-electron chi connectivity index (χ4n) is 8.03. The van der Waals surface area contributed by atoms with Gasteiger partial charge in [0.05, 0.1) is 23.3 Å². The molecule has 0 amide bonds. The van der Waals surface area contributed by atoms with Crippen LogP contribution < -0.4 is 4.74 Å². The van der Waals surface area contributed by atoms with E-state index < -0.39 is 5.41 Å². The minimum absolute atomic E-state index is 0.136. The minimum atomic E-state index is -0.562. The van der Waals surface area contributed by atoms with Crippen molar-refractivity contribution in [1.29, 1.82) is 0 Å². The monoisotopic (exact) mass is 666 g/mol. The quantitative estimate of drug-likeness (QED) is 0.149. The van der Waals surface area contributed by atoms with Gasteiger partial charge in [0.25, 0.3) is 0 Å².